The van der Waals surface area contributed by atoms with Crippen molar-refractivity contribution in [2.75, 3.05) is 5.33 Å². The average Bonchev–Trinajstić information content (AvgIpc) is 2.71. The van der Waals surface area contributed by atoms with Crippen LogP contribution in [0, 0.1) is 6.92 Å². The summed E-state index contributed by atoms with van der Waals surface area (Å²) in [5.74, 6) is -0.319. The molecule has 1 aliphatic heterocycles. The fraction of sp³-hybridized carbons (Fsp3) is 0.417. The molecule has 1 aromatic rings. The number of halogens is 1. The van der Waals surface area contributed by atoms with Crippen LogP contribution in [0.2, 0.25) is 0 Å². The van der Waals surface area contributed by atoms with E-state index in [1.54, 1.807) is 24.3 Å². The maximum Gasteiger partial charge on any atom is 0.266 e. The van der Waals surface area contributed by atoms with Crippen molar-refractivity contribution < 1.29 is 13.2 Å². The minimum Gasteiger partial charge on any atom is -0.274 e. The molecule has 98 valence electrons. The van der Waals surface area contributed by atoms with Gasteiger partial charge in [0.15, 0.2) is 0 Å². The highest BCUT2D eigenvalue weighted by molar-refractivity contribution is 9.09. The number of hydrogen-bond donors (Lipinski definition) is 0. The Bertz CT molecular complexity index is 553. The molecule has 1 saturated heterocycles. The molecule has 1 unspecified atom stereocenters. The molecule has 6 heteroatoms. The molecule has 18 heavy (non-hydrogen) atoms. The largest absolute Gasteiger partial charge is 0.274 e. The number of aryl methyl sites for hydroxylation is 1. The molecule has 0 spiro atoms. The van der Waals surface area contributed by atoms with Crippen LogP contribution in [-0.4, -0.2) is 30.0 Å². The Balaban J connectivity index is 2.41. The van der Waals surface area contributed by atoms with Gasteiger partial charge in [0.05, 0.1) is 10.9 Å². The maximum atomic E-state index is 12.4. The number of benzene rings is 1. The smallest absolute Gasteiger partial charge is 0.266 e. The number of rotatable bonds is 3. The third-order valence-corrected chi connectivity index (χ3v) is 5.66. The van der Waals surface area contributed by atoms with Crippen LogP contribution in [0.1, 0.15) is 18.4 Å². The van der Waals surface area contributed by atoms with E-state index in [-0.39, 0.29) is 16.8 Å². The van der Waals surface area contributed by atoms with Gasteiger partial charge in [0.25, 0.3) is 10.0 Å². The molecule has 0 saturated carbocycles. The van der Waals surface area contributed by atoms with Crippen LogP contribution in [-0.2, 0) is 14.8 Å². The van der Waals surface area contributed by atoms with Crippen LogP contribution < -0.4 is 0 Å². The highest BCUT2D eigenvalue weighted by Crippen LogP contribution is 2.28. The Morgan fingerprint density at radius 1 is 1.33 bits per heavy atom. The molecule has 1 fully saturated rings. The van der Waals surface area contributed by atoms with Gasteiger partial charge in [-0.2, -0.15) is 0 Å². The molecule has 2 rings (SSSR count). The number of alkyl halides is 1. The Labute approximate surface area is 115 Å². The third kappa shape index (κ3) is 2.31. The lowest BCUT2D eigenvalue weighted by atomic mass is 10.2. The predicted octanol–water partition coefficient (Wildman–Crippen LogP) is 2.07. The van der Waals surface area contributed by atoms with Gasteiger partial charge in [-0.1, -0.05) is 33.6 Å². The van der Waals surface area contributed by atoms with E-state index in [1.807, 2.05) is 6.92 Å². The van der Waals surface area contributed by atoms with Crippen LogP contribution in [0.15, 0.2) is 29.2 Å². The van der Waals surface area contributed by atoms with Crippen molar-refractivity contribution in [1.29, 1.82) is 0 Å². The number of carbonyl (C=O) groups is 1. The molecule has 1 aliphatic rings. The van der Waals surface area contributed by atoms with Crippen molar-refractivity contribution in [3.05, 3.63) is 29.8 Å². The molecular formula is C12H14BrNO3S. The third-order valence-electron chi connectivity index (χ3n) is 3.02. The van der Waals surface area contributed by atoms with Crippen molar-refractivity contribution in [3.63, 3.8) is 0 Å². The minimum atomic E-state index is -3.71. The fourth-order valence-electron chi connectivity index (χ4n) is 2.02. The first-order chi connectivity index (χ1) is 8.46. The van der Waals surface area contributed by atoms with Gasteiger partial charge in [-0.05, 0) is 25.5 Å². The molecular weight excluding hydrogens is 318 g/mol. The summed E-state index contributed by atoms with van der Waals surface area (Å²) in [5.41, 5.74) is 0.985. The molecule has 1 heterocycles. The van der Waals surface area contributed by atoms with E-state index in [2.05, 4.69) is 15.9 Å². The second-order valence-electron chi connectivity index (χ2n) is 4.35. The molecule has 0 aliphatic carbocycles. The lowest BCUT2D eigenvalue weighted by Gasteiger charge is -2.22. The first kappa shape index (κ1) is 13.5. The normalized spacial score (nSPS) is 20.4. The van der Waals surface area contributed by atoms with Gasteiger partial charge in [0.2, 0.25) is 5.91 Å². The summed E-state index contributed by atoms with van der Waals surface area (Å²) in [4.78, 5) is 11.9. The summed E-state index contributed by atoms with van der Waals surface area (Å²) in [6.45, 7) is 1.89. The van der Waals surface area contributed by atoms with Gasteiger partial charge in [0, 0.05) is 11.8 Å². The minimum absolute atomic E-state index is 0.175. The van der Waals surface area contributed by atoms with Crippen LogP contribution in [0.4, 0.5) is 0 Å². The summed E-state index contributed by atoms with van der Waals surface area (Å²) < 4.78 is 25.8. The number of nitrogens with zero attached hydrogens (tertiary/aromatic N) is 1. The molecule has 4 nitrogen and oxygen atoms in total. The number of amides is 1. The van der Waals surface area contributed by atoms with Crippen LogP contribution in [0.5, 0.6) is 0 Å². The van der Waals surface area contributed by atoms with Gasteiger partial charge < -0.3 is 0 Å². The van der Waals surface area contributed by atoms with Gasteiger partial charge >= 0.3 is 0 Å². The Morgan fingerprint density at radius 2 is 1.94 bits per heavy atom. The van der Waals surface area contributed by atoms with E-state index in [0.717, 1.165) is 9.87 Å². The van der Waals surface area contributed by atoms with Crippen LogP contribution in [0.3, 0.4) is 0 Å². The van der Waals surface area contributed by atoms with Gasteiger partial charge in [-0.3, -0.25) is 4.79 Å². The van der Waals surface area contributed by atoms with E-state index in [0.29, 0.717) is 18.2 Å². The van der Waals surface area contributed by atoms with Crippen molar-refractivity contribution >= 4 is 31.9 Å². The second-order valence-corrected chi connectivity index (χ2v) is 6.82. The van der Waals surface area contributed by atoms with Crippen molar-refractivity contribution in [3.8, 4) is 0 Å². The topological polar surface area (TPSA) is 54.5 Å². The van der Waals surface area contributed by atoms with Crippen molar-refractivity contribution in [2.45, 2.75) is 30.7 Å². The van der Waals surface area contributed by atoms with E-state index >= 15 is 0 Å². The van der Waals surface area contributed by atoms with Crippen molar-refractivity contribution in [1.82, 2.24) is 4.31 Å². The molecule has 1 amide bonds. The highest BCUT2D eigenvalue weighted by Gasteiger charge is 2.39. The first-order valence-electron chi connectivity index (χ1n) is 5.66. The standard InChI is InChI=1S/C12H14BrNO3S/c1-9-2-5-11(6-3-9)18(16,17)14-10(8-13)4-7-12(14)15/h2-3,5-6,10H,4,7-8H2,1H3. The van der Waals surface area contributed by atoms with Gasteiger partial charge in [-0.15, -0.1) is 0 Å². The zero-order valence-corrected chi connectivity index (χ0v) is 12.4. The van der Waals surface area contributed by atoms with Crippen LogP contribution in [0.25, 0.3) is 0 Å². The highest BCUT2D eigenvalue weighted by atomic mass is 79.9. The quantitative estimate of drug-likeness (QED) is 0.797. The Morgan fingerprint density at radius 3 is 2.50 bits per heavy atom. The molecule has 0 bridgehead atoms. The molecule has 1 aromatic carbocycles. The van der Waals surface area contributed by atoms with Gasteiger partial charge in [-0.25, -0.2) is 12.7 Å². The zero-order valence-electron chi connectivity index (χ0n) is 9.97. The second kappa shape index (κ2) is 5.01. The fourth-order valence-corrected chi connectivity index (χ4v) is 4.46. The zero-order chi connectivity index (χ0) is 13.3. The summed E-state index contributed by atoms with van der Waals surface area (Å²) in [7, 11) is -3.71. The maximum absolute atomic E-state index is 12.4. The van der Waals surface area contributed by atoms with E-state index in [1.165, 1.54) is 0 Å². The Kier molecular flexibility index (Phi) is 3.77. The summed E-state index contributed by atoms with van der Waals surface area (Å²) in [5, 5.41) is 0.476. The summed E-state index contributed by atoms with van der Waals surface area (Å²) >= 11 is 3.26. The van der Waals surface area contributed by atoms with E-state index in [9.17, 15) is 13.2 Å². The van der Waals surface area contributed by atoms with E-state index in [4.69, 9.17) is 0 Å². The predicted molar refractivity (Wildman–Crippen MR) is 72.0 cm³/mol. The summed E-state index contributed by atoms with van der Waals surface area (Å²) in [6, 6.07) is 6.28. The number of sulfonamides is 1. The van der Waals surface area contributed by atoms with Crippen molar-refractivity contribution in [2.24, 2.45) is 0 Å². The number of carbonyl (C=O) groups excluding carboxylic acids is 1. The van der Waals surface area contributed by atoms with E-state index < -0.39 is 10.0 Å². The SMILES string of the molecule is Cc1ccc(S(=O)(=O)N2C(=O)CCC2CBr)cc1. The van der Waals surface area contributed by atoms with Crippen LogP contribution >= 0.6 is 15.9 Å². The monoisotopic (exact) mass is 331 g/mol. The molecule has 0 N–H and O–H groups in total. The van der Waals surface area contributed by atoms with Gasteiger partial charge in [0.1, 0.15) is 0 Å². The number of hydrogen-bond acceptors (Lipinski definition) is 3. The molecule has 0 aromatic heterocycles. The molecule has 1 atom stereocenters. The lowest BCUT2D eigenvalue weighted by Crippen LogP contribution is -2.39. The summed E-state index contributed by atoms with van der Waals surface area (Å²) in [6.07, 6.45) is 0.872. The molecule has 0 radical (unpaired) electrons. The first-order valence-corrected chi connectivity index (χ1v) is 8.23. The Hall–Kier alpha value is -0.880. The lowest BCUT2D eigenvalue weighted by molar-refractivity contribution is -0.124. The average molecular weight is 332 g/mol.